The fourth-order valence-corrected chi connectivity index (χ4v) is 3.06. The molecule has 0 bridgehead atoms. The zero-order valence-corrected chi connectivity index (χ0v) is 14.8. The second-order valence-corrected chi connectivity index (χ2v) is 6.30. The van der Waals surface area contributed by atoms with E-state index in [0.29, 0.717) is 43.1 Å². The molecule has 3 rings (SSSR count). The summed E-state index contributed by atoms with van der Waals surface area (Å²) in [6, 6.07) is 6.95. The van der Waals surface area contributed by atoms with E-state index >= 15 is 0 Å². The Kier molecular flexibility index (Phi) is 4.89. The first-order valence-corrected chi connectivity index (χ1v) is 8.33. The van der Waals surface area contributed by atoms with Gasteiger partial charge in [0, 0.05) is 30.7 Å². The molecule has 1 aromatic carbocycles. The second-order valence-electron chi connectivity index (χ2n) is 5.44. The number of hydrogen-bond donors (Lipinski definition) is 0. The van der Waals surface area contributed by atoms with Gasteiger partial charge in [-0.2, -0.15) is 0 Å². The number of nitrogens with zero attached hydrogens (tertiary/aromatic N) is 2. The predicted octanol–water partition coefficient (Wildman–Crippen LogP) is 2.65. The van der Waals surface area contributed by atoms with Crippen LogP contribution in [0.4, 0.5) is 0 Å². The normalized spacial score (nSPS) is 14.6. The van der Waals surface area contributed by atoms with Crippen molar-refractivity contribution in [2.24, 2.45) is 0 Å². The molecule has 1 saturated heterocycles. The summed E-state index contributed by atoms with van der Waals surface area (Å²) in [5.41, 5.74) is 1.09. The van der Waals surface area contributed by atoms with Gasteiger partial charge in [0.15, 0.2) is 0 Å². The van der Waals surface area contributed by atoms with E-state index in [0.717, 1.165) is 4.47 Å². The van der Waals surface area contributed by atoms with Crippen LogP contribution in [0.2, 0.25) is 0 Å². The molecular formula is C17H17BrN2O4. The average molecular weight is 393 g/mol. The quantitative estimate of drug-likeness (QED) is 0.805. The molecule has 0 N–H and O–H groups in total. The number of ether oxygens (including phenoxy) is 1. The smallest absolute Gasteiger partial charge is 0.257 e. The van der Waals surface area contributed by atoms with Crippen molar-refractivity contribution in [1.29, 1.82) is 0 Å². The SMILES string of the molecule is COc1ccc(Br)c(C(=O)N2CCN(C(=O)c3ccoc3)CC2)c1. The standard InChI is InChI=1S/C17H17BrN2O4/c1-23-13-2-3-15(18)14(10-13)17(22)20-7-5-19(6-8-20)16(21)12-4-9-24-11-12/h2-4,9-11H,5-8H2,1H3. The zero-order valence-electron chi connectivity index (χ0n) is 13.2. The molecule has 0 atom stereocenters. The van der Waals surface area contributed by atoms with Crippen molar-refractivity contribution in [3.63, 3.8) is 0 Å². The fourth-order valence-electron chi connectivity index (χ4n) is 2.65. The van der Waals surface area contributed by atoms with Crippen molar-refractivity contribution >= 4 is 27.7 Å². The number of hydrogen-bond acceptors (Lipinski definition) is 4. The first kappa shape index (κ1) is 16.6. The zero-order chi connectivity index (χ0) is 17.1. The van der Waals surface area contributed by atoms with Gasteiger partial charge in [0.05, 0.1) is 24.5 Å². The molecule has 7 heteroatoms. The largest absolute Gasteiger partial charge is 0.497 e. The first-order valence-electron chi connectivity index (χ1n) is 7.54. The van der Waals surface area contributed by atoms with Gasteiger partial charge in [0.25, 0.3) is 11.8 Å². The van der Waals surface area contributed by atoms with Gasteiger partial charge in [0.1, 0.15) is 12.0 Å². The number of halogens is 1. The van der Waals surface area contributed by atoms with E-state index < -0.39 is 0 Å². The van der Waals surface area contributed by atoms with Crippen molar-refractivity contribution in [3.8, 4) is 5.75 Å². The molecule has 1 aromatic heterocycles. The van der Waals surface area contributed by atoms with Gasteiger partial charge in [-0.3, -0.25) is 9.59 Å². The number of furan rings is 1. The first-order chi connectivity index (χ1) is 11.6. The van der Waals surface area contributed by atoms with E-state index in [4.69, 9.17) is 9.15 Å². The third kappa shape index (κ3) is 3.31. The number of piperazine rings is 1. The van der Waals surface area contributed by atoms with Crippen LogP contribution in [0, 0.1) is 0 Å². The van der Waals surface area contributed by atoms with Crippen molar-refractivity contribution in [3.05, 3.63) is 52.4 Å². The fraction of sp³-hybridized carbons (Fsp3) is 0.294. The van der Waals surface area contributed by atoms with E-state index in [1.165, 1.54) is 12.5 Å². The molecule has 24 heavy (non-hydrogen) atoms. The van der Waals surface area contributed by atoms with Gasteiger partial charge < -0.3 is 19.0 Å². The highest BCUT2D eigenvalue weighted by atomic mass is 79.9. The summed E-state index contributed by atoms with van der Waals surface area (Å²) in [4.78, 5) is 28.5. The second kappa shape index (κ2) is 7.09. The molecule has 1 fully saturated rings. The van der Waals surface area contributed by atoms with Crippen molar-refractivity contribution in [1.82, 2.24) is 9.80 Å². The molecular weight excluding hydrogens is 376 g/mol. The lowest BCUT2D eigenvalue weighted by molar-refractivity contribution is 0.0534. The lowest BCUT2D eigenvalue weighted by Crippen LogP contribution is -2.50. The van der Waals surface area contributed by atoms with Gasteiger partial charge in [-0.05, 0) is 40.2 Å². The number of carbonyl (C=O) groups excluding carboxylic acids is 2. The molecule has 1 aliphatic rings. The van der Waals surface area contributed by atoms with Crippen LogP contribution in [0.1, 0.15) is 20.7 Å². The van der Waals surface area contributed by atoms with Gasteiger partial charge >= 0.3 is 0 Å². The molecule has 2 heterocycles. The highest BCUT2D eigenvalue weighted by Crippen LogP contribution is 2.24. The Bertz CT molecular complexity index is 737. The van der Waals surface area contributed by atoms with Crippen molar-refractivity contribution in [2.45, 2.75) is 0 Å². The van der Waals surface area contributed by atoms with Crippen molar-refractivity contribution in [2.75, 3.05) is 33.3 Å². The van der Waals surface area contributed by atoms with Crippen LogP contribution in [-0.2, 0) is 0 Å². The van der Waals surface area contributed by atoms with Crippen LogP contribution in [0.25, 0.3) is 0 Å². The molecule has 1 aliphatic heterocycles. The molecule has 0 aliphatic carbocycles. The summed E-state index contributed by atoms with van der Waals surface area (Å²) in [6.07, 6.45) is 2.92. The minimum Gasteiger partial charge on any atom is -0.497 e. The van der Waals surface area contributed by atoms with Crippen LogP contribution in [0.15, 0.2) is 45.7 Å². The summed E-state index contributed by atoms with van der Waals surface area (Å²) in [5.74, 6) is 0.491. The Morgan fingerprint density at radius 3 is 2.33 bits per heavy atom. The Hall–Kier alpha value is -2.28. The Labute approximate surface area is 148 Å². The molecule has 126 valence electrons. The number of carbonyl (C=O) groups is 2. The number of rotatable bonds is 3. The van der Waals surface area contributed by atoms with Crippen LogP contribution >= 0.6 is 15.9 Å². The maximum absolute atomic E-state index is 12.7. The Morgan fingerprint density at radius 1 is 1.08 bits per heavy atom. The number of methoxy groups -OCH3 is 1. The summed E-state index contributed by atoms with van der Waals surface area (Å²) < 4.78 is 10.9. The molecule has 0 spiro atoms. The van der Waals surface area contributed by atoms with Crippen LogP contribution in [0.3, 0.4) is 0 Å². The molecule has 0 unspecified atom stereocenters. The van der Waals surface area contributed by atoms with Gasteiger partial charge in [0.2, 0.25) is 0 Å². The van der Waals surface area contributed by atoms with Gasteiger partial charge in [-0.15, -0.1) is 0 Å². The Balaban J connectivity index is 1.66. The van der Waals surface area contributed by atoms with Gasteiger partial charge in [-0.25, -0.2) is 0 Å². The van der Waals surface area contributed by atoms with E-state index in [1.54, 1.807) is 41.2 Å². The monoisotopic (exact) mass is 392 g/mol. The predicted molar refractivity (Wildman–Crippen MR) is 91.2 cm³/mol. The van der Waals surface area contributed by atoms with Gasteiger partial charge in [-0.1, -0.05) is 0 Å². The molecule has 6 nitrogen and oxygen atoms in total. The maximum atomic E-state index is 12.7. The highest BCUT2D eigenvalue weighted by molar-refractivity contribution is 9.10. The molecule has 2 amide bonds. The van der Waals surface area contributed by atoms with E-state index in [-0.39, 0.29) is 11.8 Å². The number of amides is 2. The average Bonchev–Trinajstić information content (AvgIpc) is 3.16. The van der Waals surface area contributed by atoms with E-state index in [1.807, 2.05) is 0 Å². The molecule has 0 saturated carbocycles. The van der Waals surface area contributed by atoms with E-state index in [2.05, 4.69) is 15.9 Å². The highest BCUT2D eigenvalue weighted by Gasteiger charge is 2.27. The summed E-state index contributed by atoms with van der Waals surface area (Å²) in [5, 5.41) is 0. The Morgan fingerprint density at radius 2 is 1.75 bits per heavy atom. The topological polar surface area (TPSA) is 63.0 Å². The summed E-state index contributed by atoms with van der Waals surface area (Å²) in [6.45, 7) is 1.98. The summed E-state index contributed by atoms with van der Waals surface area (Å²) >= 11 is 3.41. The lowest BCUT2D eigenvalue weighted by Gasteiger charge is -2.34. The maximum Gasteiger partial charge on any atom is 0.257 e. The number of benzene rings is 1. The van der Waals surface area contributed by atoms with E-state index in [9.17, 15) is 9.59 Å². The van der Waals surface area contributed by atoms with Crippen LogP contribution in [0.5, 0.6) is 5.75 Å². The van der Waals surface area contributed by atoms with Crippen LogP contribution in [-0.4, -0.2) is 54.9 Å². The third-order valence-electron chi connectivity index (χ3n) is 4.03. The minimum absolute atomic E-state index is 0.0709. The van der Waals surface area contributed by atoms with Crippen molar-refractivity contribution < 1.29 is 18.7 Å². The molecule has 0 radical (unpaired) electrons. The molecule has 2 aromatic rings. The third-order valence-corrected chi connectivity index (χ3v) is 4.72. The lowest BCUT2D eigenvalue weighted by atomic mass is 10.1. The van der Waals surface area contributed by atoms with Crippen LogP contribution < -0.4 is 4.74 Å². The summed E-state index contributed by atoms with van der Waals surface area (Å²) in [7, 11) is 1.57. The minimum atomic E-state index is -0.0730.